The number of aliphatic carboxylic acids is 1. The van der Waals surface area contributed by atoms with Gasteiger partial charge in [-0.15, -0.1) is 0 Å². The average molecular weight is 202 g/mol. The van der Waals surface area contributed by atoms with Crippen molar-refractivity contribution in [2.45, 2.75) is 12.8 Å². The molecule has 0 bridgehead atoms. The molecule has 0 spiro atoms. The topological polar surface area (TPSA) is 54.4 Å². The highest BCUT2D eigenvalue weighted by Crippen LogP contribution is 2.23. The molecule has 1 aliphatic rings. The van der Waals surface area contributed by atoms with Crippen molar-refractivity contribution in [3.8, 4) is 0 Å². The Kier molecular flexibility index (Phi) is 2.37. The van der Waals surface area contributed by atoms with E-state index in [1.165, 1.54) is 6.08 Å². The summed E-state index contributed by atoms with van der Waals surface area (Å²) in [5, 5.41) is 8.47. The van der Waals surface area contributed by atoms with Crippen LogP contribution in [0.25, 0.3) is 6.08 Å². The first-order valence-corrected chi connectivity index (χ1v) is 4.74. The predicted octanol–water partition coefficient (Wildman–Crippen LogP) is 1.91. The molecule has 0 fully saturated rings. The quantitative estimate of drug-likeness (QED) is 0.745. The van der Waals surface area contributed by atoms with E-state index >= 15 is 0 Å². The monoisotopic (exact) mass is 202 g/mol. The molecule has 0 atom stereocenters. The maximum absolute atomic E-state index is 11.4. The number of aryl methyl sites for hydroxylation is 1. The van der Waals surface area contributed by atoms with Gasteiger partial charge in [-0.1, -0.05) is 12.1 Å². The fourth-order valence-electron chi connectivity index (χ4n) is 1.73. The Morgan fingerprint density at radius 1 is 1.33 bits per heavy atom. The number of carboxylic acids is 1. The van der Waals surface area contributed by atoms with Gasteiger partial charge in [-0.05, 0) is 29.7 Å². The smallest absolute Gasteiger partial charge is 0.328 e. The Balaban J connectivity index is 2.33. The second kappa shape index (κ2) is 3.69. The molecule has 2 rings (SSSR count). The molecule has 76 valence electrons. The first-order valence-electron chi connectivity index (χ1n) is 4.74. The Hall–Kier alpha value is -1.90. The zero-order valence-electron chi connectivity index (χ0n) is 8.06. The molecule has 1 aromatic rings. The molecule has 0 aliphatic heterocycles. The first-order chi connectivity index (χ1) is 7.16. The minimum atomic E-state index is -0.984. The molecule has 0 aromatic heterocycles. The van der Waals surface area contributed by atoms with E-state index in [9.17, 15) is 9.59 Å². The van der Waals surface area contributed by atoms with E-state index in [2.05, 4.69) is 0 Å². The minimum Gasteiger partial charge on any atom is -0.478 e. The zero-order chi connectivity index (χ0) is 10.8. The van der Waals surface area contributed by atoms with E-state index in [1.807, 2.05) is 12.1 Å². The van der Waals surface area contributed by atoms with Crippen LogP contribution in [0.5, 0.6) is 0 Å². The van der Waals surface area contributed by atoms with Crippen molar-refractivity contribution in [2.75, 3.05) is 0 Å². The Morgan fingerprint density at radius 2 is 2.13 bits per heavy atom. The largest absolute Gasteiger partial charge is 0.478 e. The third-order valence-corrected chi connectivity index (χ3v) is 2.47. The van der Waals surface area contributed by atoms with Gasteiger partial charge >= 0.3 is 5.97 Å². The molecular weight excluding hydrogens is 192 g/mol. The van der Waals surface area contributed by atoms with Crippen LogP contribution >= 0.6 is 0 Å². The van der Waals surface area contributed by atoms with Crippen molar-refractivity contribution in [1.29, 1.82) is 0 Å². The number of hydrogen-bond donors (Lipinski definition) is 1. The van der Waals surface area contributed by atoms with Crippen molar-refractivity contribution >= 4 is 17.8 Å². The molecule has 0 saturated heterocycles. The summed E-state index contributed by atoms with van der Waals surface area (Å²) in [6.07, 6.45) is 3.94. The number of Topliss-reactive ketones (excluding diaryl/α,β-unsaturated/α-hetero) is 1. The van der Waals surface area contributed by atoms with Crippen LogP contribution < -0.4 is 0 Å². The molecule has 1 aliphatic carbocycles. The molecule has 0 amide bonds. The Bertz CT molecular complexity index is 458. The Morgan fingerprint density at radius 3 is 2.87 bits per heavy atom. The number of rotatable bonds is 2. The summed E-state index contributed by atoms with van der Waals surface area (Å²) in [5.41, 5.74) is 2.56. The number of hydrogen-bond acceptors (Lipinski definition) is 2. The van der Waals surface area contributed by atoms with Gasteiger partial charge in [-0.25, -0.2) is 4.79 Å². The van der Waals surface area contributed by atoms with Gasteiger partial charge in [0.1, 0.15) is 0 Å². The van der Waals surface area contributed by atoms with Crippen molar-refractivity contribution in [1.82, 2.24) is 0 Å². The van der Waals surface area contributed by atoms with Crippen LogP contribution in [0.4, 0.5) is 0 Å². The maximum atomic E-state index is 11.4. The summed E-state index contributed by atoms with van der Waals surface area (Å²) >= 11 is 0. The van der Waals surface area contributed by atoms with Gasteiger partial charge in [-0.2, -0.15) is 0 Å². The fourth-order valence-corrected chi connectivity index (χ4v) is 1.73. The molecule has 1 aromatic carbocycles. The van der Waals surface area contributed by atoms with Crippen LogP contribution in [0, 0.1) is 0 Å². The van der Waals surface area contributed by atoms with E-state index < -0.39 is 5.97 Å². The second-order valence-corrected chi connectivity index (χ2v) is 3.51. The van der Waals surface area contributed by atoms with Crippen molar-refractivity contribution in [2.24, 2.45) is 0 Å². The van der Waals surface area contributed by atoms with Gasteiger partial charge in [0.2, 0.25) is 0 Å². The van der Waals surface area contributed by atoms with Crippen LogP contribution in [-0.2, 0) is 11.2 Å². The lowest BCUT2D eigenvalue weighted by Gasteiger charge is -1.98. The molecule has 0 saturated carbocycles. The number of carboxylic acid groups (broad SMARTS) is 1. The lowest BCUT2D eigenvalue weighted by Crippen LogP contribution is -1.92. The number of carbonyl (C=O) groups excluding carboxylic acids is 1. The van der Waals surface area contributed by atoms with Gasteiger partial charge < -0.3 is 5.11 Å². The number of fused-ring (bicyclic) bond motifs is 1. The standard InChI is InChI=1S/C12H10O3/c13-11-5-4-9-3-1-8(7-10(9)11)2-6-12(14)15/h1-3,6-7H,4-5H2,(H,14,15). The molecule has 0 unspecified atom stereocenters. The van der Waals surface area contributed by atoms with Gasteiger partial charge in [0.25, 0.3) is 0 Å². The number of benzene rings is 1. The Labute approximate surface area is 87.0 Å². The van der Waals surface area contributed by atoms with Crippen LogP contribution in [0.3, 0.4) is 0 Å². The van der Waals surface area contributed by atoms with Crippen molar-refractivity contribution in [3.63, 3.8) is 0 Å². The van der Waals surface area contributed by atoms with Crippen molar-refractivity contribution < 1.29 is 14.7 Å². The lowest BCUT2D eigenvalue weighted by molar-refractivity contribution is -0.131. The molecule has 15 heavy (non-hydrogen) atoms. The fraction of sp³-hybridized carbons (Fsp3) is 0.167. The highest BCUT2D eigenvalue weighted by atomic mass is 16.4. The molecule has 1 N–H and O–H groups in total. The number of ketones is 1. The molecule has 3 heteroatoms. The summed E-state index contributed by atoms with van der Waals surface area (Å²) in [5.74, 6) is -0.836. The summed E-state index contributed by atoms with van der Waals surface area (Å²) < 4.78 is 0. The summed E-state index contributed by atoms with van der Waals surface area (Å²) in [6.45, 7) is 0. The van der Waals surface area contributed by atoms with Crippen LogP contribution in [0.2, 0.25) is 0 Å². The SMILES string of the molecule is O=C(O)C=Cc1ccc2c(c1)C(=O)CC2. The highest BCUT2D eigenvalue weighted by molar-refractivity contribution is 6.01. The van der Waals surface area contributed by atoms with Crippen LogP contribution in [-0.4, -0.2) is 16.9 Å². The maximum Gasteiger partial charge on any atom is 0.328 e. The third-order valence-electron chi connectivity index (χ3n) is 2.47. The van der Waals surface area contributed by atoms with Gasteiger partial charge in [0, 0.05) is 18.1 Å². The minimum absolute atomic E-state index is 0.149. The molecule has 3 nitrogen and oxygen atoms in total. The van der Waals surface area contributed by atoms with Gasteiger partial charge in [-0.3, -0.25) is 4.79 Å². The van der Waals surface area contributed by atoms with Crippen molar-refractivity contribution in [3.05, 3.63) is 41.0 Å². The molecule has 0 heterocycles. The average Bonchev–Trinajstić information content (AvgIpc) is 2.57. The van der Waals surface area contributed by atoms with Gasteiger partial charge in [0.05, 0.1) is 0 Å². The normalized spacial score (nSPS) is 14.5. The van der Waals surface area contributed by atoms with E-state index in [-0.39, 0.29) is 5.78 Å². The summed E-state index contributed by atoms with van der Waals surface area (Å²) in [7, 11) is 0. The number of carbonyl (C=O) groups is 2. The second-order valence-electron chi connectivity index (χ2n) is 3.51. The zero-order valence-corrected chi connectivity index (χ0v) is 8.06. The van der Waals surface area contributed by atoms with Gasteiger partial charge in [0.15, 0.2) is 5.78 Å². The van der Waals surface area contributed by atoms with Crippen LogP contribution in [0.15, 0.2) is 24.3 Å². The first kappa shape index (κ1) is 9.65. The predicted molar refractivity (Wildman–Crippen MR) is 55.8 cm³/mol. The van der Waals surface area contributed by atoms with E-state index in [0.29, 0.717) is 6.42 Å². The van der Waals surface area contributed by atoms with Crippen LogP contribution in [0.1, 0.15) is 27.9 Å². The molecular formula is C12H10O3. The van der Waals surface area contributed by atoms with E-state index in [4.69, 9.17) is 5.11 Å². The third kappa shape index (κ3) is 1.96. The van der Waals surface area contributed by atoms with E-state index in [1.54, 1.807) is 6.07 Å². The molecule has 0 radical (unpaired) electrons. The summed E-state index contributed by atoms with van der Waals surface area (Å²) in [4.78, 5) is 21.7. The highest BCUT2D eigenvalue weighted by Gasteiger charge is 2.18. The summed E-state index contributed by atoms with van der Waals surface area (Å²) in [6, 6.07) is 5.47. The van der Waals surface area contributed by atoms with E-state index in [0.717, 1.165) is 29.2 Å². The lowest BCUT2D eigenvalue weighted by atomic mass is 10.1.